The van der Waals surface area contributed by atoms with Crippen LogP contribution in [0.2, 0.25) is 0 Å². The molecule has 15 heavy (non-hydrogen) atoms. The number of benzene rings is 1. The zero-order chi connectivity index (χ0) is 10.8. The molecule has 0 radical (unpaired) electrons. The molecule has 3 heteroatoms. The van der Waals surface area contributed by atoms with E-state index in [9.17, 15) is 9.18 Å². The van der Waals surface area contributed by atoms with Gasteiger partial charge in [-0.2, -0.15) is 0 Å². The fourth-order valence-electron chi connectivity index (χ4n) is 1.43. The van der Waals surface area contributed by atoms with Crippen molar-refractivity contribution in [1.82, 2.24) is 0 Å². The van der Waals surface area contributed by atoms with Gasteiger partial charge in [0.1, 0.15) is 5.82 Å². The van der Waals surface area contributed by atoms with Crippen LogP contribution >= 0.6 is 11.3 Å². The van der Waals surface area contributed by atoms with Crippen molar-refractivity contribution in [3.8, 4) is 10.4 Å². The van der Waals surface area contributed by atoms with E-state index in [1.165, 1.54) is 17.0 Å². The average Bonchev–Trinajstić information content (AvgIpc) is 2.64. The molecule has 1 heterocycles. The summed E-state index contributed by atoms with van der Waals surface area (Å²) in [6, 6.07) is 8.21. The van der Waals surface area contributed by atoms with Gasteiger partial charge in [0.15, 0.2) is 6.29 Å². The van der Waals surface area contributed by atoms with Gasteiger partial charge in [0.2, 0.25) is 0 Å². The molecule has 0 aliphatic heterocycles. The quantitative estimate of drug-likeness (QED) is 0.706. The molecule has 0 amide bonds. The number of carbonyl (C=O) groups is 1. The van der Waals surface area contributed by atoms with E-state index in [4.69, 9.17) is 0 Å². The Bertz CT molecular complexity index is 502. The van der Waals surface area contributed by atoms with E-state index >= 15 is 0 Å². The summed E-state index contributed by atoms with van der Waals surface area (Å²) in [5.41, 5.74) is 1.20. The van der Waals surface area contributed by atoms with Gasteiger partial charge in [-0.05, 0) is 37.3 Å². The minimum atomic E-state index is -0.380. The van der Waals surface area contributed by atoms with E-state index < -0.39 is 0 Å². The van der Waals surface area contributed by atoms with Crippen molar-refractivity contribution < 1.29 is 9.18 Å². The molecule has 2 rings (SSSR count). The van der Waals surface area contributed by atoms with E-state index in [1.54, 1.807) is 17.4 Å². The van der Waals surface area contributed by atoms with Crippen LogP contribution < -0.4 is 0 Å². The smallest absolute Gasteiger partial charge is 0.150 e. The molecule has 1 aromatic carbocycles. The van der Waals surface area contributed by atoms with Crippen molar-refractivity contribution in [1.29, 1.82) is 0 Å². The van der Waals surface area contributed by atoms with E-state index in [0.717, 1.165) is 10.4 Å². The zero-order valence-corrected chi connectivity index (χ0v) is 8.98. The molecule has 0 N–H and O–H groups in total. The van der Waals surface area contributed by atoms with Gasteiger partial charge in [-0.3, -0.25) is 4.79 Å². The van der Waals surface area contributed by atoms with Crippen LogP contribution in [0.4, 0.5) is 4.39 Å². The Balaban J connectivity index is 2.57. The van der Waals surface area contributed by atoms with E-state index in [1.807, 2.05) is 19.1 Å². The van der Waals surface area contributed by atoms with Crippen LogP contribution in [0, 0.1) is 12.7 Å². The Labute approximate surface area is 91.2 Å². The molecule has 1 aromatic heterocycles. The summed E-state index contributed by atoms with van der Waals surface area (Å²) in [6.45, 7) is 2.00. The number of rotatable bonds is 2. The minimum Gasteiger partial charge on any atom is -0.298 e. The molecule has 0 fully saturated rings. The standard InChI is InChI=1S/C12H9FOS/c1-8-2-5-12(15-8)11-4-3-10(13)6-9(11)7-14/h2-7H,1H3. The fourth-order valence-corrected chi connectivity index (χ4v) is 2.35. The van der Waals surface area contributed by atoms with Crippen LogP contribution in [0.5, 0.6) is 0 Å². The largest absolute Gasteiger partial charge is 0.298 e. The molecule has 0 bridgehead atoms. The molecule has 76 valence electrons. The van der Waals surface area contributed by atoms with Gasteiger partial charge in [-0.1, -0.05) is 0 Å². The van der Waals surface area contributed by atoms with Crippen molar-refractivity contribution in [2.45, 2.75) is 6.92 Å². The minimum absolute atomic E-state index is 0.380. The number of aryl methyl sites for hydroxylation is 1. The molecular formula is C12H9FOS. The first-order valence-electron chi connectivity index (χ1n) is 4.52. The maximum absolute atomic E-state index is 12.9. The van der Waals surface area contributed by atoms with Crippen molar-refractivity contribution in [3.05, 3.63) is 46.6 Å². The summed E-state index contributed by atoms with van der Waals surface area (Å²) in [6.07, 6.45) is 0.688. The van der Waals surface area contributed by atoms with Crippen LogP contribution in [0.15, 0.2) is 30.3 Å². The molecule has 0 saturated heterocycles. The molecule has 0 aliphatic rings. The number of hydrogen-bond acceptors (Lipinski definition) is 2. The third kappa shape index (κ3) is 1.97. The molecule has 0 aliphatic carbocycles. The molecule has 1 nitrogen and oxygen atoms in total. The Hall–Kier alpha value is -1.48. The van der Waals surface area contributed by atoms with Gasteiger partial charge in [-0.15, -0.1) is 11.3 Å². The third-order valence-electron chi connectivity index (χ3n) is 2.15. The first-order chi connectivity index (χ1) is 7.20. The number of carbonyl (C=O) groups excluding carboxylic acids is 1. The van der Waals surface area contributed by atoms with Crippen LogP contribution in [0.25, 0.3) is 10.4 Å². The lowest BCUT2D eigenvalue weighted by Gasteiger charge is -2.01. The number of hydrogen-bond donors (Lipinski definition) is 0. The van der Waals surface area contributed by atoms with E-state index in [0.29, 0.717) is 11.8 Å². The van der Waals surface area contributed by atoms with Gasteiger partial charge in [0, 0.05) is 20.9 Å². The predicted molar refractivity (Wildman–Crippen MR) is 59.8 cm³/mol. The van der Waals surface area contributed by atoms with Crippen LogP contribution in [0.3, 0.4) is 0 Å². The normalized spacial score (nSPS) is 10.3. The SMILES string of the molecule is Cc1ccc(-c2ccc(F)cc2C=O)s1. The average molecular weight is 220 g/mol. The summed E-state index contributed by atoms with van der Waals surface area (Å²) < 4.78 is 12.9. The summed E-state index contributed by atoms with van der Waals surface area (Å²) >= 11 is 1.59. The van der Waals surface area contributed by atoms with Gasteiger partial charge in [0.05, 0.1) is 0 Å². The molecule has 0 saturated carbocycles. The highest BCUT2D eigenvalue weighted by Crippen LogP contribution is 2.30. The Morgan fingerprint density at radius 2 is 2.07 bits per heavy atom. The highest BCUT2D eigenvalue weighted by molar-refractivity contribution is 7.15. The maximum atomic E-state index is 12.9. The van der Waals surface area contributed by atoms with Crippen LogP contribution in [0.1, 0.15) is 15.2 Å². The zero-order valence-electron chi connectivity index (χ0n) is 8.16. The Morgan fingerprint density at radius 1 is 1.27 bits per heavy atom. The highest BCUT2D eigenvalue weighted by Gasteiger charge is 2.07. The molecule has 0 unspecified atom stereocenters. The van der Waals surface area contributed by atoms with Crippen molar-refractivity contribution in [2.24, 2.45) is 0 Å². The van der Waals surface area contributed by atoms with Crippen molar-refractivity contribution in [3.63, 3.8) is 0 Å². The Kier molecular flexibility index (Phi) is 2.64. The van der Waals surface area contributed by atoms with E-state index in [-0.39, 0.29) is 5.82 Å². The predicted octanol–water partition coefficient (Wildman–Crippen LogP) is 3.68. The summed E-state index contributed by atoms with van der Waals surface area (Å²) in [7, 11) is 0. The van der Waals surface area contributed by atoms with Crippen LogP contribution in [-0.2, 0) is 0 Å². The van der Waals surface area contributed by atoms with Gasteiger partial charge in [-0.25, -0.2) is 4.39 Å². The topological polar surface area (TPSA) is 17.1 Å². The molecule has 0 atom stereocenters. The number of thiophene rings is 1. The molecule has 0 spiro atoms. The highest BCUT2D eigenvalue weighted by atomic mass is 32.1. The lowest BCUT2D eigenvalue weighted by Crippen LogP contribution is -1.87. The molecular weight excluding hydrogens is 211 g/mol. The Morgan fingerprint density at radius 3 is 2.67 bits per heavy atom. The summed E-state index contributed by atoms with van der Waals surface area (Å²) in [5.74, 6) is -0.380. The third-order valence-corrected chi connectivity index (χ3v) is 3.18. The lowest BCUT2D eigenvalue weighted by molar-refractivity contribution is 0.112. The second-order valence-electron chi connectivity index (χ2n) is 3.26. The second-order valence-corrected chi connectivity index (χ2v) is 4.55. The van der Waals surface area contributed by atoms with E-state index in [2.05, 4.69) is 0 Å². The second kappa shape index (κ2) is 3.95. The summed E-state index contributed by atoms with van der Waals surface area (Å²) in [4.78, 5) is 13.0. The first kappa shape index (κ1) is 10.1. The van der Waals surface area contributed by atoms with Crippen LogP contribution in [-0.4, -0.2) is 6.29 Å². The monoisotopic (exact) mass is 220 g/mol. The van der Waals surface area contributed by atoms with Crippen molar-refractivity contribution >= 4 is 17.6 Å². The molecule has 2 aromatic rings. The fraction of sp³-hybridized carbons (Fsp3) is 0.0833. The first-order valence-corrected chi connectivity index (χ1v) is 5.34. The van der Waals surface area contributed by atoms with Crippen molar-refractivity contribution in [2.75, 3.05) is 0 Å². The number of halogens is 1. The van der Waals surface area contributed by atoms with Gasteiger partial charge >= 0.3 is 0 Å². The number of aldehydes is 1. The van der Waals surface area contributed by atoms with Gasteiger partial charge < -0.3 is 0 Å². The maximum Gasteiger partial charge on any atom is 0.150 e. The lowest BCUT2D eigenvalue weighted by atomic mass is 10.1. The van der Waals surface area contributed by atoms with Gasteiger partial charge in [0.25, 0.3) is 0 Å². The summed E-state index contributed by atoms with van der Waals surface area (Å²) in [5, 5.41) is 0.